The van der Waals surface area contributed by atoms with Crippen LogP contribution in [0.4, 0.5) is 0 Å². The van der Waals surface area contributed by atoms with Gasteiger partial charge in [-0.15, -0.1) is 0 Å². The third-order valence-electron chi connectivity index (χ3n) is 4.62. The van der Waals surface area contributed by atoms with Crippen molar-refractivity contribution in [2.24, 2.45) is 0 Å². The number of benzene rings is 1. The monoisotopic (exact) mass is 382 g/mol. The maximum atomic E-state index is 13.0. The number of hydrogen-bond acceptors (Lipinski definition) is 4. The van der Waals surface area contributed by atoms with Crippen LogP contribution in [0.2, 0.25) is 0 Å². The van der Waals surface area contributed by atoms with E-state index in [0.29, 0.717) is 18.4 Å². The van der Waals surface area contributed by atoms with Crippen LogP contribution in [0.15, 0.2) is 28.7 Å². The lowest BCUT2D eigenvalue weighted by Crippen LogP contribution is -2.57. The molecular formula is C16H19BrN2O4. The zero-order valence-electron chi connectivity index (χ0n) is 12.9. The van der Waals surface area contributed by atoms with E-state index in [4.69, 9.17) is 4.74 Å². The molecule has 0 aromatic heterocycles. The Morgan fingerprint density at radius 2 is 1.87 bits per heavy atom. The summed E-state index contributed by atoms with van der Waals surface area (Å²) >= 11 is 3.34. The van der Waals surface area contributed by atoms with E-state index in [1.165, 1.54) is 4.90 Å². The number of ether oxygens (including phenoxy) is 1. The minimum absolute atomic E-state index is 0.0430. The second kappa shape index (κ2) is 6.22. The van der Waals surface area contributed by atoms with Gasteiger partial charge in [-0.3, -0.25) is 9.69 Å². The van der Waals surface area contributed by atoms with Gasteiger partial charge in [0.1, 0.15) is 5.72 Å². The summed E-state index contributed by atoms with van der Waals surface area (Å²) in [4.78, 5) is 28.2. The van der Waals surface area contributed by atoms with Crippen LogP contribution < -0.4 is 0 Å². The first kappa shape index (κ1) is 16.4. The summed E-state index contributed by atoms with van der Waals surface area (Å²) in [7, 11) is 2.01. The van der Waals surface area contributed by atoms with Crippen molar-refractivity contribution >= 4 is 27.8 Å². The summed E-state index contributed by atoms with van der Waals surface area (Å²) in [5.41, 5.74) is -0.331. The van der Waals surface area contributed by atoms with E-state index in [1.54, 1.807) is 24.3 Å². The molecular weight excluding hydrogens is 364 g/mol. The molecule has 2 heterocycles. The van der Waals surface area contributed by atoms with Crippen LogP contribution in [0.1, 0.15) is 23.2 Å². The van der Waals surface area contributed by atoms with Gasteiger partial charge in [0.25, 0.3) is 5.91 Å². The average Bonchev–Trinajstić information content (AvgIpc) is 2.90. The first-order valence-corrected chi connectivity index (χ1v) is 8.37. The van der Waals surface area contributed by atoms with E-state index < -0.39 is 17.7 Å². The summed E-state index contributed by atoms with van der Waals surface area (Å²) in [5.74, 6) is -1.31. The topological polar surface area (TPSA) is 70.1 Å². The van der Waals surface area contributed by atoms with Crippen molar-refractivity contribution < 1.29 is 19.4 Å². The molecule has 1 spiro atoms. The van der Waals surface area contributed by atoms with E-state index in [0.717, 1.165) is 17.6 Å². The van der Waals surface area contributed by atoms with Crippen LogP contribution in [-0.4, -0.2) is 65.3 Å². The number of halogens is 1. The van der Waals surface area contributed by atoms with Gasteiger partial charge in [0.05, 0.1) is 6.61 Å². The van der Waals surface area contributed by atoms with Crippen molar-refractivity contribution in [2.75, 3.05) is 26.7 Å². The molecule has 1 N–H and O–H groups in total. The summed E-state index contributed by atoms with van der Waals surface area (Å²) in [6, 6.07) is 6.02. The molecule has 0 unspecified atom stereocenters. The maximum Gasteiger partial charge on any atom is 0.328 e. The second-order valence-corrected chi connectivity index (χ2v) is 7.01. The third-order valence-corrected chi connectivity index (χ3v) is 5.15. The largest absolute Gasteiger partial charge is 0.480 e. The smallest absolute Gasteiger partial charge is 0.328 e. The Morgan fingerprint density at radius 3 is 2.43 bits per heavy atom. The number of carbonyl (C=O) groups is 2. The van der Waals surface area contributed by atoms with Crippen LogP contribution in [0.3, 0.4) is 0 Å². The highest BCUT2D eigenvalue weighted by atomic mass is 79.9. The molecule has 3 rings (SSSR count). The Kier molecular flexibility index (Phi) is 4.44. The maximum absolute atomic E-state index is 13.0. The zero-order valence-corrected chi connectivity index (χ0v) is 14.5. The molecule has 2 fully saturated rings. The predicted molar refractivity (Wildman–Crippen MR) is 87.1 cm³/mol. The summed E-state index contributed by atoms with van der Waals surface area (Å²) in [6.07, 6.45) is 1.24. The van der Waals surface area contributed by atoms with Gasteiger partial charge in [-0.1, -0.05) is 15.9 Å². The lowest BCUT2D eigenvalue weighted by molar-refractivity contribution is -0.143. The van der Waals surface area contributed by atoms with Gasteiger partial charge in [-0.05, 0) is 31.3 Å². The number of aliphatic carboxylic acids is 1. The number of rotatable bonds is 2. The quantitative estimate of drug-likeness (QED) is 0.844. The van der Waals surface area contributed by atoms with E-state index in [2.05, 4.69) is 20.8 Å². The van der Waals surface area contributed by atoms with E-state index >= 15 is 0 Å². The first-order valence-electron chi connectivity index (χ1n) is 7.57. The molecule has 1 aromatic rings. The number of amides is 1. The molecule has 0 bridgehead atoms. The van der Waals surface area contributed by atoms with Crippen LogP contribution in [0.25, 0.3) is 0 Å². The molecule has 7 heteroatoms. The Bertz CT molecular complexity index is 611. The standard InChI is InChI=1S/C16H19BrN2O4/c1-18-8-6-16(7-9-18)19(13(10-23-16)15(21)22)14(20)11-2-4-12(17)5-3-11/h2-5,13H,6-10H2,1H3,(H,21,22)/t13-/m1/s1. The highest BCUT2D eigenvalue weighted by Gasteiger charge is 2.53. The van der Waals surface area contributed by atoms with Gasteiger partial charge in [0, 0.05) is 36.0 Å². The van der Waals surface area contributed by atoms with Gasteiger partial charge in [0.15, 0.2) is 6.04 Å². The lowest BCUT2D eigenvalue weighted by atomic mass is 9.97. The van der Waals surface area contributed by atoms with Crippen LogP contribution >= 0.6 is 15.9 Å². The van der Waals surface area contributed by atoms with Crippen molar-refractivity contribution in [1.82, 2.24) is 9.80 Å². The Balaban J connectivity index is 1.94. The number of likely N-dealkylation sites (tertiary alicyclic amines) is 1. The number of carboxylic acid groups (broad SMARTS) is 1. The molecule has 1 amide bonds. The summed E-state index contributed by atoms with van der Waals surface area (Å²) in [5, 5.41) is 9.50. The first-order chi connectivity index (χ1) is 10.9. The zero-order chi connectivity index (χ0) is 16.6. The fraction of sp³-hybridized carbons (Fsp3) is 0.500. The van der Waals surface area contributed by atoms with Crippen molar-refractivity contribution in [3.8, 4) is 0 Å². The van der Waals surface area contributed by atoms with Crippen molar-refractivity contribution in [2.45, 2.75) is 24.6 Å². The molecule has 0 saturated carbocycles. The SMILES string of the molecule is CN1CCC2(CC1)OC[C@H](C(=O)O)N2C(=O)c1ccc(Br)cc1. The van der Waals surface area contributed by atoms with E-state index in [-0.39, 0.29) is 12.5 Å². The number of carboxylic acids is 1. The van der Waals surface area contributed by atoms with Gasteiger partial charge in [0.2, 0.25) is 0 Å². The number of carbonyl (C=O) groups excluding carboxylic acids is 1. The molecule has 0 radical (unpaired) electrons. The van der Waals surface area contributed by atoms with Gasteiger partial charge in [-0.25, -0.2) is 4.79 Å². The predicted octanol–water partition coefficient (Wildman–Crippen LogP) is 1.80. The van der Waals surface area contributed by atoms with Crippen molar-refractivity contribution in [3.05, 3.63) is 34.3 Å². The molecule has 23 heavy (non-hydrogen) atoms. The summed E-state index contributed by atoms with van der Waals surface area (Å²) < 4.78 is 6.74. The normalized spacial score (nSPS) is 24.1. The van der Waals surface area contributed by atoms with Gasteiger partial charge < -0.3 is 14.7 Å². The van der Waals surface area contributed by atoms with E-state index in [1.807, 2.05) is 7.05 Å². The molecule has 2 aliphatic heterocycles. The van der Waals surface area contributed by atoms with Crippen LogP contribution in [-0.2, 0) is 9.53 Å². The second-order valence-electron chi connectivity index (χ2n) is 6.10. The Morgan fingerprint density at radius 1 is 1.26 bits per heavy atom. The highest BCUT2D eigenvalue weighted by molar-refractivity contribution is 9.10. The van der Waals surface area contributed by atoms with Crippen molar-refractivity contribution in [1.29, 1.82) is 0 Å². The third kappa shape index (κ3) is 3.00. The molecule has 6 nitrogen and oxygen atoms in total. The van der Waals surface area contributed by atoms with Gasteiger partial charge in [-0.2, -0.15) is 0 Å². The number of nitrogens with zero attached hydrogens (tertiary/aromatic N) is 2. The number of hydrogen-bond donors (Lipinski definition) is 1. The van der Waals surface area contributed by atoms with E-state index in [9.17, 15) is 14.7 Å². The minimum atomic E-state index is -1.02. The summed E-state index contributed by atoms with van der Waals surface area (Å²) in [6.45, 7) is 1.59. The average molecular weight is 383 g/mol. The van der Waals surface area contributed by atoms with Gasteiger partial charge >= 0.3 is 5.97 Å². The van der Waals surface area contributed by atoms with Crippen LogP contribution in [0, 0.1) is 0 Å². The highest BCUT2D eigenvalue weighted by Crippen LogP contribution is 2.38. The molecule has 124 valence electrons. The molecule has 1 aromatic carbocycles. The van der Waals surface area contributed by atoms with Crippen molar-refractivity contribution in [3.63, 3.8) is 0 Å². The molecule has 1 atom stereocenters. The Hall–Kier alpha value is -1.44. The van der Waals surface area contributed by atoms with Crippen LogP contribution in [0.5, 0.6) is 0 Å². The lowest BCUT2D eigenvalue weighted by Gasteiger charge is -2.43. The number of piperidine rings is 1. The fourth-order valence-corrected chi connectivity index (χ4v) is 3.52. The fourth-order valence-electron chi connectivity index (χ4n) is 3.26. The molecule has 0 aliphatic carbocycles. The molecule has 2 aliphatic rings. The minimum Gasteiger partial charge on any atom is -0.480 e. The molecule has 2 saturated heterocycles. The Labute approximate surface area is 143 Å².